The molecule has 1 aliphatic heterocycles. The zero-order valence-corrected chi connectivity index (χ0v) is 11.6. The summed E-state index contributed by atoms with van der Waals surface area (Å²) < 4.78 is 2.72. The minimum atomic E-state index is 0.657. The molecule has 1 aromatic heterocycles. The summed E-state index contributed by atoms with van der Waals surface area (Å²) in [5, 5.41) is 11.3. The number of rotatable bonds is 1. The topological polar surface area (TPSA) is 51.0 Å². The van der Waals surface area contributed by atoms with Crippen LogP contribution >= 0.6 is 12.2 Å². The number of aromatic nitrogens is 2. The van der Waals surface area contributed by atoms with Gasteiger partial charge >= 0.3 is 0 Å². The van der Waals surface area contributed by atoms with Crippen LogP contribution in [0, 0.1) is 16.1 Å². The van der Waals surface area contributed by atoms with Crippen molar-refractivity contribution in [3.63, 3.8) is 0 Å². The van der Waals surface area contributed by atoms with E-state index >= 15 is 0 Å². The van der Waals surface area contributed by atoms with E-state index in [1.54, 1.807) is 0 Å². The number of benzene rings is 1. The van der Waals surface area contributed by atoms with Gasteiger partial charge in [0.15, 0.2) is 4.77 Å². The average molecular weight is 273 g/mol. The molecule has 5 nitrogen and oxygen atoms in total. The van der Waals surface area contributed by atoms with Gasteiger partial charge in [-0.1, -0.05) is 0 Å². The molecule has 1 fully saturated rings. The summed E-state index contributed by atoms with van der Waals surface area (Å²) in [4.78, 5) is 5.50. The van der Waals surface area contributed by atoms with E-state index in [-0.39, 0.29) is 0 Å². The predicted octanol–water partition coefficient (Wildman–Crippen LogP) is 1.45. The Bertz CT molecular complexity index is 700. The quantitative estimate of drug-likeness (QED) is 0.799. The fourth-order valence-corrected chi connectivity index (χ4v) is 2.76. The maximum Gasteiger partial charge on any atom is 0.197 e. The van der Waals surface area contributed by atoms with Crippen LogP contribution in [0.15, 0.2) is 18.2 Å². The van der Waals surface area contributed by atoms with Gasteiger partial charge in [-0.15, -0.1) is 0 Å². The lowest BCUT2D eigenvalue weighted by Crippen LogP contribution is -2.49. The van der Waals surface area contributed by atoms with E-state index < -0.39 is 0 Å². The first kappa shape index (κ1) is 12.2. The van der Waals surface area contributed by atoms with Crippen LogP contribution in [0.5, 0.6) is 0 Å². The molecule has 2 aromatic rings. The Hall–Kier alpha value is -1.84. The van der Waals surface area contributed by atoms with Crippen LogP contribution in [0.3, 0.4) is 0 Å². The maximum absolute atomic E-state index is 9.02. The lowest BCUT2D eigenvalue weighted by molar-refractivity contribution is 0.288. The number of piperazine rings is 1. The van der Waals surface area contributed by atoms with E-state index in [1.165, 1.54) is 0 Å². The van der Waals surface area contributed by atoms with Gasteiger partial charge in [0.2, 0.25) is 0 Å². The Morgan fingerprint density at radius 3 is 2.68 bits per heavy atom. The van der Waals surface area contributed by atoms with E-state index in [0.717, 1.165) is 37.2 Å². The molecular weight excluding hydrogens is 258 g/mol. The van der Waals surface area contributed by atoms with Gasteiger partial charge < -0.3 is 14.9 Å². The molecule has 1 aromatic carbocycles. The zero-order chi connectivity index (χ0) is 13.4. The first-order valence-corrected chi connectivity index (χ1v) is 6.68. The Labute approximate surface area is 116 Å². The minimum absolute atomic E-state index is 0.657. The van der Waals surface area contributed by atoms with Crippen molar-refractivity contribution in [1.82, 2.24) is 14.6 Å². The van der Waals surface area contributed by atoms with Gasteiger partial charge in [0.05, 0.1) is 22.7 Å². The molecule has 0 atom stereocenters. The largest absolute Gasteiger partial charge is 0.329 e. The van der Waals surface area contributed by atoms with Gasteiger partial charge in [0.1, 0.15) is 0 Å². The number of nitrogens with zero attached hydrogens (tertiary/aromatic N) is 4. The van der Waals surface area contributed by atoms with Crippen LogP contribution in [0.2, 0.25) is 0 Å². The van der Waals surface area contributed by atoms with Crippen molar-refractivity contribution in [2.45, 2.75) is 0 Å². The third-order valence-corrected chi connectivity index (χ3v) is 3.83. The van der Waals surface area contributed by atoms with Crippen molar-refractivity contribution in [3.8, 4) is 6.07 Å². The van der Waals surface area contributed by atoms with E-state index in [0.29, 0.717) is 10.3 Å². The number of likely N-dealkylation sites (N-methyl/N-ethyl adjacent to an activating group) is 1. The Balaban J connectivity index is 2.09. The van der Waals surface area contributed by atoms with Crippen molar-refractivity contribution in [3.05, 3.63) is 28.5 Å². The lowest BCUT2D eigenvalue weighted by atomic mass is 10.2. The highest BCUT2D eigenvalue weighted by Gasteiger charge is 2.17. The summed E-state index contributed by atoms with van der Waals surface area (Å²) in [5.41, 5.74) is 2.61. The Morgan fingerprint density at radius 2 is 2.00 bits per heavy atom. The summed E-state index contributed by atoms with van der Waals surface area (Å²) in [7, 11) is 2.12. The second-order valence-corrected chi connectivity index (χ2v) is 5.23. The fraction of sp³-hybridized carbons (Fsp3) is 0.385. The van der Waals surface area contributed by atoms with E-state index in [9.17, 15) is 0 Å². The van der Waals surface area contributed by atoms with Crippen LogP contribution in [0.4, 0.5) is 0 Å². The Morgan fingerprint density at radius 1 is 1.26 bits per heavy atom. The van der Waals surface area contributed by atoms with Gasteiger partial charge in [-0.05, 0) is 37.5 Å². The summed E-state index contributed by atoms with van der Waals surface area (Å²) in [6.07, 6.45) is 0. The molecule has 0 spiro atoms. The summed E-state index contributed by atoms with van der Waals surface area (Å²) >= 11 is 5.41. The van der Waals surface area contributed by atoms with Gasteiger partial charge in [-0.25, -0.2) is 4.68 Å². The number of aromatic amines is 1. The Kier molecular flexibility index (Phi) is 3.01. The number of fused-ring (bicyclic) bond motifs is 1. The summed E-state index contributed by atoms with van der Waals surface area (Å²) in [6.45, 7) is 3.92. The third kappa shape index (κ3) is 2.11. The standard InChI is InChI=1S/C13H15N5S/c1-16-4-6-17(7-5-16)18-12-8-10(9-14)2-3-11(12)15-13(18)19/h2-3,8H,4-7H2,1H3,(H,15,19). The van der Waals surface area contributed by atoms with Crippen molar-refractivity contribution < 1.29 is 0 Å². The van der Waals surface area contributed by atoms with Crippen molar-refractivity contribution in [2.75, 3.05) is 38.2 Å². The van der Waals surface area contributed by atoms with Crippen LogP contribution in [0.1, 0.15) is 5.56 Å². The molecule has 1 aliphatic rings. The maximum atomic E-state index is 9.02. The molecule has 0 saturated carbocycles. The van der Waals surface area contributed by atoms with Crippen LogP contribution in [0.25, 0.3) is 11.0 Å². The zero-order valence-electron chi connectivity index (χ0n) is 10.8. The van der Waals surface area contributed by atoms with Gasteiger partial charge in [0, 0.05) is 26.2 Å². The highest BCUT2D eigenvalue weighted by atomic mass is 32.1. The number of nitrogens with one attached hydrogen (secondary N) is 1. The summed E-state index contributed by atoms with van der Waals surface area (Å²) in [6, 6.07) is 7.79. The van der Waals surface area contributed by atoms with Crippen molar-refractivity contribution in [1.29, 1.82) is 5.26 Å². The molecule has 1 N–H and O–H groups in total. The normalized spacial score (nSPS) is 16.7. The number of H-pyrrole nitrogens is 1. The van der Waals surface area contributed by atoms with E-state index in [2.05, 4.69) is 28.0 Å². The van der Waals surface area contributed by atoms with Gasteiger partial charge in [-0.2, -0.15) is 5.26 Å². The molecule has 0 unspecified atom stereocenters. The van der Waals surface area contributed by atoms with Gasteiger partial charge in [-0.3, -0.25) is 0 Å². The van der Waals surface area contributed by atoms with Crippen molar-refractivity contribution in [2.24, 2.45) is 0 Å². The van der Waals surface area contributed by atoms with Gasteiger partial charge in [0.25, 0.3) is 0 Å². The summed E-state index contributed by atoms with van der Waals surface area (Å²) in [5.74, 6) is 0. The molecule has 0 amide bonds. The highest BCUT2D eigenvalue weighted by Crippen LogP contribution is 2.17. The number of hydrogen-bond acceptors (Lipinski definition) is 4. The average Bonchev–Trinajstić information content (AvgIpc) is 2.75. The molecule has 6 heteroatoms. The lowest BCUT2D eigenvalue weighted by Gasteiger charge is -2.34. The third-order valence-electron chi connectivity index (χ3n) is 3.55. The molecule has 2 heterocycles. The molecule has 1 saturated heterocycles. The van der Waals surface area contributed by atoms with E-state index in [4.69, 9.17) is 17.5 Å². The van der Waals surface area contributed by atoms with Crippen LogP contribution in [-0.2, 0) is 0 Å². The fourth-order valence-electron chi connectivity index (χ4n) is 2.44. The molecule has 0 bridgehead atoms. The van der Waals surface area contributed by atoms with Crippen molar-refractivity contribution >= 4 is 23.3 Å². The van der Waals surface area contributed by atoms with Crippen LogP contribution < -0.4 is 5.01 Å². The second-order valence-electron chi connectivity index (χ2n) is 4.84. The number of hydrogen-bond donors (Lipinski definition) is 1. The smallest absolute Gasteiger partial charge is 0.197 e. The van der Waals surface area contributed by atoms with E-state index in [1.807, 2.05) is 22.9 Å². The molecule has 0 radical (unpaired) electrons. The first-order valence-electron chi connectivity index (χ1n) is 6.28. The number of imidazole rings is 1. The minimum Gasteiger partial charge on any atom is -0.329 e. The first-order chi connectivity index (χ1) is 9.19. The molecule has 98 valence electrons. The number of nitriles is 1. The SMILES string of the molecule is CN1CCN(n2c(=S)[nH]c3ccc(C#N)cc32)CC1. The molecule has 3 rings (SSSR count). The van der Waals surface area contributed by atoms with Crippen LogP contribution in [-0.4, -0.2) is 47.8 Å². The molecular formula is C13H15N5S. The highest BCUT2D eigenvalue weighted by molar-refractivity contribution is 7.71. The predicted molar refractivity (Wildman–Crippen MR) is 77.3 cm³/mol. The molecule has 0 aliphatic carbocycles. The molecule has 19 heavy (non-hydrogen) atoms. The second kappa shape index (κ2) is 4.68. The monoisotopic (exact) mass is 273 g/mol.